The van der Waals surface area contributed by atoms with Gasteiger partial charge in [0.05, 0.1) is 28.3 Å². The fourth-order valence-electron chi connectivity index (χ4n) is 7.30. The van der Waals surface area contributed by atoms with Crippen molar-refractivity contribution in [2.24, 2.45) is 0 Å². The van der Waals surface area contributed by atoms with E-state index >= 15 is 0 Å². The van der Waals surface area contributed by atoms with Crippen molar-refractivity contribution in [3.63, 3.8) is 0 Å². The van der Waals surface area contributed by atoms with Gasteiger partial charge in [-0.1, -0.05) is 80.6 Å². The number of rotatable bonds is 5. The van der Waals surface area contributed by atoms with Gasteiger partial charge in [0.15, 0.2) is 0 Å². The zero-order chi connectivity index (χ0) is 32.2. The van der Waals surface area contributed by atoms with Crippen LogP contribution in [0.1, 0.15) is 25.0 Å². The molecule has 0 saturated heterocycles. The van der Waals surface area contributed by atoms with E-state index in [-0.39, 0.29) is 5.41 Å². The number of anilines is 3. The zero-order valence-corrected chi connectivity index (χ0v) is 26.7. The van der Waals surface area contributed by atoms with Crippen LogP contribution in [0.3, 0.4) is 0 Å². The fraction of sp³-hybridized carbons (Fsp3) is 0.0698. The smallest absolute Gasteiger partial charge is 0.145 e. The van der Waals surface area contributed by atoms with Crippen molar-refractivity contribution < 1.29 is 4.74 Å². The third kappa shape index (κ3) is 4.39. The Morgan fingerprint density at radius 3 is 2.19 bits per heavy atom. The monoisotopic (exact) mass is 620 g/mol. The van der Waals surface area contributed by atoms with Crippen LogP contribution in [0, 0.1) is 0 Å². The maximum absolute atomic E-state index is 6.47. The molecule has 0 unspecified atom stereocenters. The SMILES string of the molecule is CC1(C)c2ccccc2N(c2ccccc2)c2c1ccc1c2c2cccnc2n1-c1cccc(Oc2cccc(-c3ccccn3)c2)c1. The Bertz CT molecular complexity index is 2470. The van der Waals surface area contributed by atoms with Gasteiger partial charge in [-0.25, -0.2) is 4.98 Å². The highest BCUT2D eigenvalue weighted by atomic mass is 16.5. The highest BCUT2D eigenvalue weighted by molar-refractivity contribution is 6.17. The number of hydrogen-bond acceptors (Lipinski definition) is 4. The van der Waals surface area contributed by atoms with E-state index < -0.39 is 0 Å². The molecule has 0 saturated carbocycles. The second-order valence-corrected chi connectivity index (χ2v) is 12.7. The van der Waals surface area contributed by atoms with Crippen LogP contribution in [0.15, 0.2) is 158 Å². The van der Waals surface area contributed by atoms with Crippen molar-refractivity contribution in [3.8, 4) is 28.4 Å². The average molecular weight is 621 g/mol. The van der Waals surface area contributed by atoms with E-state index in [2.05, 4.69) is 119 Å². The lowest BCUT2D eigenvalue weighted by atomic mass is 9.73. The standard InChI is InChI=1S/C43H32N4O/c1-43(2)35-20-6-7-22-38(35)46(30-14-4-3-5-15-30)41-36(43)23-24-39-40(41)34-19-12-26-45-42(34)47(39)31-16-11-18-33(28-31)48-32-17-10-13-29(27-32)37-21-8-9-25-44-37/h3-28H,1-2H3. The number of hydrogen-bond donors (Lipinski definition) is 0. The summed E-state index contributed by atoms with van der Waals surface area (Å²) in [7, 11) is 0. The van der Waals surface area contributed by atoms with E-state index in [1.165, 1.54) is 27.9 Å². The Kier molecular flexibility index (Phi) is 6.40. The van der Waals surface area contributed by atoms with Crippen LogP contribution in [0.25, 0.3) is 38.9 Å². The number of aromatic nitrogens is 3. The minimum Gasteiger partial charge on any atom is -0.457 e. The van der Waals surface area contributed by atoms with Crippen LogP contribution in [0.5, 0.6) is 11.5 Å². The first-order valence-electron chi connectivity index (χ1n) is 16.2. The molecule has 48 heavy (non-hydrogen) atoms. The van der Waals surface area contributed by atoms with Gasteiger partial charge in [0.1, 0.15) is 17.1 Å². The lowest BCUT2D eigenvalue weighted by molar-refractivity contribution is 0.482. The van der Waals surface area contributed by atoms with Crippen LogP contribution >= 0.6 is 0 Å². The van der Waals surface area contributed by atoms with Crippen molar-refractivity contribution in [1.29, 1.82) is 0 Å². The summed E-state index contributed by atoms with van der Waals surface area (Å²) < 4.78 is 8.73. The molecule has 4 heterocycles. The number of benzene rings is 5. The summed E-state index contributed by atoms with van der Waals surface area (Å²) in [5, 5.41) is 2.28. The predicted molar refractivity (Wildman–Crippen MR) is 195 cm³/mol. The first kappa shape index (κ1) is 28.1. The Morgan fingerprint density at radius 2 is 1.33 bits per heavy atom. The van der Waals surface area contributed by atoms with Crippen LogP contribution in [-0.4, -0.2) is 14.5 Å². The molecule has 0 aliphatic carbocycles. The Balaban J connectivity index is 1.24. The normalized spacial score (nSPS) is 13.3. The van der Waals surface area contributed by atoms with Crippen LogP contribution in [-0.2, 0) is 5.41 Å². The van der Waals surface area contributed by atoms with Crippen LogP contribution in [0.4, 0.5) is 17.1 Å². The van der Waals surface area contributed by atoms with E-state index in [4.69, 9.17) is 9.72 Å². The molecule has 230 valence electrons. The van der Waals surface area contributed by atoms with Gasteiger partial charge in [0.25, 0.3) is 0 Å². The van der Waals surface area contributed by atoms with Crippen molar-refractivity contribution in [3.05, 3.63) is 169 Å². The number of ether oxygens (including phenoxy) is 1. The summed E-state index contributed by atoms with van der Waals surface area (Å²) in [6.45, 7) is 4.67. The molecule has 8 aromatic rings. The summed E-state index contributed by atoms with van der Waals surface area (Å²) in [6, 6.07) is 50.5. The van der Waals surface area contributed by atoms with E-state index in [0.29, 0.717) is 0 Å². The first-order valence-corrected chi connectivity index (χ1v) is 16.2. The highest BCUT2D eigenvalue weighted by Crippen LogP contribution is 2.55. The molecule has 3 aromatic heterocycles. The Morgan fingerprint density at radius 1 is 0.583 bits per heavy atom. The second kappa shape index (κ2) is 11.0. The van der Waals surface area contributed by atoms with Crippen molar-refractivity contribution in [2.75, 3.05) is 4.90 Å². The third-order valence-electron chi connectivity index (χ3n) is 9.50. The molecule has 1 aliphatic rings. The molecular formula is C43H32N4O. The van der Waals surface area contributed by atoms with Crippen molar-refractivity contribution in [1.82, 2.24) is 14.5 Å². The Labute approximate surface area is 279 Å². The molecule has 1 aliphatic heterocycles. The molecule has 0 radical (unpaired) electrons. The van der Waals surface area contributed by atoms with Gasteiger partial charge in [-0.05, 0) is 83.9 Å². The fourth-order valence-corrected chi connectivity index (χ4v) is 7.30. The zero-order valence-electron chi connectivity index (χ0n) is 26.7. The predicted octanol–water partition coefficient (Wildman–Crippen LogP) is 11.1. The van der Waals surface area contributed by atoms with Gasteiger partial charge in [-0.3, -0.25) is 9.55 Å². The van der Waals surface area contributed by atoms with E-state index in [9.17, 15) is 0 Å². The number of nitrogens with zero attached hydrogens (tertiary/aromatic N) is 4. The van der Waals surface area contributed by atoms with Crippen LogP contribution in [0.2, 0.25) is 0 Å². The third-order valence-corrected chi connectivity index (χ3v) is 9.50. The molecule has 0 bridgehead atoms. The van der Waals surface area contributed by atoms with E-state index in [1.54, 1.807) is 0 Å². The molecular weight excluding hydrogens is 589 g/mol. The van der Waals surface area contributed by atoms with Gasteiger partial charge in [0, 0.05) is 45.9 Å². The molecule has 0 amide bonds. The molecule has 9 rings (SSSR count). The lowest BCUT2D eigenvalue weighted by Gasteiger charge is -2.42. The van der Waals surface area contributed by atoms with Gasteiger partial charge in [0.2, 0.25) is 0 Å². The summed E-state index contributed by atoms with van der Waals surface area (Å²) in [6.07, 6.45) is 3.68. The van der Waals surface area contributed by atoms with Gasteiger partial charge >= 0.3 is 0 Å². The molecule has 0 fully saturated rings. The lowest BCUT2D eigenvalue weighted by Crippen LogP contribution is -2.30. The first-order chi connectivity index (χ1) is 23.6. The molecule has 0 atom stereocenters. The largest absolute Gasteiger partial charge is 0.457 e. The van der Waals surface area contributed by atoms with Gasteiger partial charge < -0.3 is 9.64 Å². The van der Waals surface area contributed by atoms with Crippen molar-refractivity contribution >= 4 is 39.0 Å². The van der Waals surface area contributed by atoms with Gasteiger partial charge in [-0.2, -0.15) is 0 Å². The van der Waals surface area contributed by atoms with Crippen molar-refractivity contribution in [2.45, 2.75) is 19.3 Å². The van der Waals surface area contributed by atoms with Gasteiger partial charge in [-0.15, -0.1) is 0 Å². The molecule has 0 spiro atoms. The molecule has 5 aromatic carbocycles. The van der Waals surface area contributed by atoms with E-state index in [0.717, 1.165) is 50.7 Å². The average Bonchev–Trinajstić information content (AvgIpc) is 3.48. The topological polar surface area (TPSA) is 43.2 Å². The Hall–Kier alpha value is -6.20. The number of pyridine rings is 2. The maximum atomic E-state index is 6.47. The molecule has 5 nitrogen and oxygen atoms in total. The number of fused-ring (bicyclic) bond motifs is 6. The molecule has 0 N–H and O–H groups in total. The number of para-hydroxylation sites is 2. The highest BCUT2D eigenvalue weighted by Gasteiger charge is 2.38. The minimum absolute atomic E-state index is 0.209. The summed E-state index contributed by atoms with van der Waals surface area (Å²) >= 11 is 0. The summed E-state index contributed by atoms with van der Waals surface area (Å²) in [5.74, 6) is 1.50. The van der Waals surface area contributed by atoms with Crippen LogP contribution < -0.4 is 9.64 Å². The summed E-state index contributed by atoms with van der Waals surface area (Å²) in [4.78, 5) is 11.9. The maximum Gasteiger partial charge on any atom is 0.145 e. The quantitative estimate of drug-likeness (QED) is 0.192. The molecule has 5 heteroatoms. The summed E-state index contributed by atoms with van der Waals surface area (Å²) in [5.41, 5.74) is 10.8. The second-order valence-electron chi connectivity index (χ2n) is 12.7. The minimum atomic E-state index is -0.209. The van der Waals surface area contributed by atoms with E-state index in [1.807, 2.05) is 67.0 Å².